The van der Waals surface area contributed by atoms with Crippen LogP contribution >= 0.6 is 11.6 Å². The smallest absolute Gasteiger partial charge is 0.316 e. The van der Waals surface area contributed by atoms with Gasteiger partial charge in [0.15, 0.2) is 0 Å². The van der Waals surface area contributed by atoms with Crippen molar-refractivity contribution in [2.24, 2.45) is 0 Å². The van der Waals surface area contributed by atoms with Gasteiger partial charge in [-0.1, -0.05) is 17.7 Å². The van der Waals surface area contributed by atoms with Gasteiger partial charge in [-0.05, 0) is 38.0 Å². The highest BCUT2D eigenvalue weighted by atomic mass is 35.5. The molecule has 0 radical (unpaired) electrons. The summed E-state index contributed by atoms with van der Waals surface area (Å²) in [5.74, 6) is -0.154. The number of nitrogens with one attached hydrogen (secondary N) is 1. The summed E-state index contributed by atoms with van der Waals surface area (Å²) >= 11 is 6.13. The van der Waals surface area contributed by atoms with Crippen LogP contribution in [0.5, 0.6) is 0 Å². The number of ether oxygens (including phenoxy) is 1. The first-order valence-corrected chi connectivity index (χ1v) is 12.4. The number of imidazole rings is 2. The first-order valence-electron chi connectivity index (χ1n) is 12.0. The zero-order valence-corrected chi connectivity index (χ0v) is 20.6. The molecule has 36 heavy (non-hydrogen) atoms. The molecule has 0 amide bonds. The molecule has 0 unspecified atom stereocenters. The summed E-state index contributed by atoms with van der Waals surface area (Å²) in [5.41, 5.74) is 5.07. The van der Waals surface area contributed by atoms with Crippen molar-refractivity contribution in [3.63, 3.8) is 0 Å². The number of rotatable bonds is 9. The van der Waals surface area contributed by atoms with Gasteiger partial charge in [-0.15, -0.1) is 0 Å². The maximum Gasteiger partial charge on any atom is 0.316 e. The predicted octanol–water partition coefficient (Wildman–Crippen LogP) is 3.76. The van der Waals surface area contributed by atoms with Gasteiger partial charge in [0.05, 0.1) is 48.0 Å². The Labute approximate surface area is 212 Å². The molecule has 1 N–H and O–H groups in total. The van der Waals surface area contributed by atoms with Crippen molar-refractivity contribution >= 4 is 28.7 Å². The zero-order valence-electron chi connectivity index (χ0n) is 19.9. The first-order chi connectivity index (χ1) is 17.6. The van der Waals surface area contributed by atoms with E-state index in [0.717, 1.165) is 46.5 Å². The molecular weight excluding hydrogens is 478 g/mol. The third-order valence-electron chi connectivity index (χ3n) is 6.68. The Morgan fingerprint density at radius 1 is 1.19 bits per heavy atom. The van der Waals surface area contributed by atoms with Gasteiger partial charge in [-0.2, -0.15) is 5.10 Å². The summed E-state index contributed by atoms with van der Waals surface area (Å²) in [6, 6.07) is 7.71. The second-order valence-corrected chi connectivity index (χ2v) is 9.60. The highest BCUT2D eigenvalue weighted by Crippen LogP contribution is 2.50. The van der Waals surface area contributed by atoms with Crippen molar-refractivity contribution in [2.75, 3.05) is 6.61 Å². The highest BCUT2D eigenvalue weighted by Gasteiger charge is 2.54. The van der Waals surface area contributed by atoms with E-state index in [2.05, 4.69) is 15.4 Å². The fourth-order valence-corrected chi connectivity index (χ4v) is 4.88. The molecule has 0 saturated heterocycles. The highest BCUT2D eigenvalue weighted by molar-refractivity contribution is 6.30. The molecule has 1 fully saturated rings. The molecule has 5 aromatic heterocycles. The fourth-order valence-electron chi connectivity index (χ4n) is 4.72. The van der Waals surface area contributed by atoms with E-state index < -0.39 is 5.41 Å². The number of aromatic nitrogens is 6. The Bertz CT molecular complexity index is 1560. The molecule has 1 saturated carbocycles. The number of hydrogen-bond acceptors (Lipinski definition) is 6. The standard InChI is InChI=1S/C26H26ClN7O2/c1-2-36-25(35)26(6-7-26)21-4-3-8-32-15-20(31-24(21)32)16-34-14-18(12-30-34)11-28-13-22-23-10-19(27)5-9-33(23)17-29-22/h3-5,8-10,12,14-15,17,28H,2,6-7,11,13,16H2,1H3. The van der Waals surface area contributed by atoms with Gasteiger partial charge in [0, 0.05) is 54.0 Å². The Hall–Kier alpha value is -3.69. The molecule has 1 aliphatic rings. The number of carbonyl (C=O) groups excluding carboxylic acids is 1. The molecule has 0 atom stereocenters. The summed E-state index contributed by atoms with van der Waals surface area (Å²) in [6.45, 7) is 4.05. The van der Waals surface area contributed by atoms with Gasteiger partial charge >= 0.3 is 5.97 Å². The van der Waals surface area contributed by atoms with Gasteiger partial charge < -0.3 is 18.9 Å². The van der Waals surface area contributed by atoms with E-state index >= 15 is 0 Å². The normalized spacial score (nSPS) is 14.5. The minimum atomic E-state index is -0.558. The first kappa shape index (κ1) is 22.8. The van der Waals surface area contributed by atoms with Crippen LogP contribution in [0.1, 0.15) is 42.3 Å². The number of esters is 1. The van der Waals surface area contributed by atoms with Crippen LogP contribution in [0.3, 0.4) is 0 Å². The lowest BCUT2D eigenvalue weighted by atomic mass is 9.97. The van der Waals surface area contributed by atoms with E-state index in [4.69, 9.17) is 21.3 Å². The molecule has 0 bridgehead atoms. The third-order valence-corrected chi connectivity index (χ3v) is 6.91. The maximum atomic E-state index is 12.6. The van der Waals surface area contributed by atoms with Crippen LogP contribution in [0.4, 0.5) is 0 Å². The molecule has 9 nitrogen and oxygen atoms in total. The average Bonchev–Trinajstić information content (AvgIpc) is 3.17. The minimum absolute atomic E-state index is 0.154. The van der Waals surface area contributed by atoms with Gasteiger partial charge in [-0.25, -0.2) is 9.97 Å². The largest absolute Gasteiger partial charge is 0.465 e. The lowest BCUT2D eigenvalue weighted by molar-refractivity contribution is -0.146. The fraction of sp³-hybridized carbons (Fsp3) is 0.308. The molecular formula is C26H26ClN7O2. The van der Waals surface area contributed by atoms with Gasteiger partial charge in [0.25, 0.3) is 0 Å². The second kappa shape index (κ2) is 9.07. The number of nitrogens with zero attached hydrogens (tertiary/aromatic N) is 6. The van der Waals surface area contributed by atoms with E-state index in [-0.39, 0.29) is 5.97 Å². The van der Waals surface area contributed by atoms with Crippen LogP contribution in [0, 0.1) is 0 Å². The molecule has 10 heteroatoms. The summed E-state index contributed by atoms with van der Waals surface area (Å²) in [5, 5.41) is 8.63. The lowest BCUT2D eigenvalue weighted by Crippen LogP contribution is -2.24. The number of hydrogen-bond donors (Lipinski definition) is 1. The molecule has 184 valence electrons. The van der Waals surface area contributed by atoms with Crippen molar-refractivity contribution in [3.8, 4) is 0 Å². The minimum Gasteiger partial charge on any atom is -0.465 e. The Balaban J connectivity index is 1.13. The van der Waals surface area contributed by atoms with Crippen molar-refractivity contribution < 1.29 is 9.53 Å². The number of carbonyl (C=O) groups is 1. The number of halogens is 1. The van der Waals surface area contributed by atoms with E-state index in [9.17, 15) is 4.79 Å². The molecule has 5 aromatic rings. The molecule has 0 spiro atoms. The second-order valence-electron chi connectivity index (χ2n) is 9.17. The lowest BCUT2D eigenvalue weighted by Gasteiger charge is -2.14. The van der Waals surface area contributed by atoms with Crippen LogP contribution in [0.25, 0.3) is 11.2 Å². The quantitative estimate of drug-likeness (QED) is 0.308. The summed E-state index contributed by atoms with van der Waals surface area (Å²) in [7, 11) is 0. The number of pyridine rings is 2. The van der Waals surface area contributed by atoms with Crippen LogP contribution in [0.15, 0.2) is 61.6 Å². The molecule has 0 aromatic carbocycles. The zero-order chi connectivity index (χ0) is 24.7. The van der Waals surface area contributed by atoms with Gasteiger partial charge in [0.1, 0.15) is 5.65 Å². The van der Waals surface area contributed by atoms with Crippen LogP contribution in [-0.4, -0.2) is 41.1 Å². The average molecular weight is 504 g/mol. The van der Waals surface area contributed by atoms with Crippen molar-refractivity contribution in [1.82, 2.24) is 33.9 Å². The topological polar surface area (TPSA) is 90.8 Å². The predicted molar refractivity (Wildman–Crippen MR) is 135 cm³/mol. The molecule has 0 aliphatic heterocycles. The van der Waals surface area contributed by atoms with E-state index in [1.807, 2.05) is 75.7 Å². The van der Waals surface area contributed by atoms with Crippen molar-refractivity contribution in [1.29, 1.82) is 0 Å². The Kier molecular flexibility index (Phi) is 5.73. The van der Waals surface area contributed by atoms with E-state index in [1.54, 1.807) is 6.33 Å². The summed E-state index contributed by atoms with van der Waals surface area (Å²) < 4.78 is 11.2. The Morgan fingerprint density at radius 3 is 2.92 bits per heavy atom. The van der Waals surface area contributed by atoms with Gasteiger partial charge in [-0.3, -0.25) is 9.48 Å². The van der Waals surface area contributed by atoms with Crippen molar-refractivity contribution in [3.05, 3.63) is 89.1 Å². The van der Waals surface area contributed by atoms with Crippen LogP contribution in [-0.2, 0) is 34.6 Å². The third kappa shape index (κ3) is 4.14. The summed E-state index contributed by atoms with van der Waals surface area (Å²) in [6.07, 6.45) is 13.1. The maximum absolute atomic E-state index is 12.6. The molecule has 6 rings (SSSR count). The number of fused-ring (bicyclic) bond motifs is 2. The van der Waals surface area contributed by atoms with E-state index in [0.29, 0.717) is 31.3 Å². The van der Waals surface area contributed by atoms with Crippen molar-refractivity contribution in [2.45, 2.75) is 44.8 Å². The molecule has 5 heterocycles. The van der Waals surface area contributed by atoms with Crippen LogP contribution in [0.2, 0.25) is 5.02 Å². The van der Waals surface area contributed by atoms with E-state index in [1.165, 1.54) is 0 Å². The van der Waals surface area contributed by atoms with Gasteiger partial charge in [0.2, 0.25) is 0 Å². The SMILES string of the molecule is CCOC(=O)C1(c2cccn3cc(Cn4cc(CNCc5ncn6ccc(Cl)cc56)cn4)nc23)CC1. The molecule has 1 aliphatic carbocycles. The van der Waals surface area contributed by atoms with Crippen LogP contribution < -0.4 is 5.32 Å². The monoisotopic (exact) mass is 503 g/mol. The Morgan fingerprint density at radius 2 is 2.08 bits per heavy atom. The summed E-state index contributed by atoms with van der Waals surface area (Å²) in [4.78, 5) is 22.0.